The Morgan fingerprint density at radius 1 is 1.12 bits per heavy atom. The SMILES string of the molecule is [CH2-]COc1ccccc1.[Cu+2].[c-]1ccccn1. The topological polar surface area (TPSA) is 22.1 Å². The van der Waals surface area contributed by atoms with Gasteiger partial charge in [-0.1, -0.05) is 30.6 Å². The van der Waals surface area contributed by atoms with Gasteiger partial charge in [0.15, 0.2) is 0 Å². The van der Waals surface area contributed by atoms with Gasteiger partial charge in [0.2, 0.25) is 0 Å². The fraction of sp³-hybridized carbons (Fsp3) is 0.0769. The predicted octanol–water partition coefficient (Wildman–Crippen LogP) is 2.78. The van der Waals surface area contributed by atoms with Crippen molar-refractivity contribution in [3.63, 3.8) is 0 Å². The summed E-state index contributed by atoms with van der Waals surface area (Å²) in [6.45, 7) is 4.05. The van der Waals surface area contributed by atoms with Crippen LogP contribution >= 0.6 is 0 Å². The van der Waals surface area contributed by atoms with Crippen LogP contribution in [0.3, 0.4) is 0 Å². The minimum Gasteiger partial charge on any atom is -0.525 e. The normalized spacial score (nSPS) is 8.06. The van der Waals surface area contributed by atoms with Crippen molar-refractivity contribution in [1.82, 2.24) is 4.98 Å². The summed E-state index contributed by atoms with van der Waals surface area (Å²) in [5.41, 5.74) is 0. The second-order valence-corrected chi connectivity index (χ2v) is 2.62. The van der Waals surface area contributed by atoms with Crippen molar-refractivity contribution in [3.05, 3.63) is 67.8 Å². The Morgan fingerprint density at radius 2 is 1.88 bits per heavy atom. The van der Waals surface area contributed by atoms with Crippen molar-refractivity contribution in [3.8, 4) is 5.75 Å². The van der Waals surface area contributed by atoms with Crippen molar-refractivity contribution in [2.75, 3.05) is 6.61 Å². The van der Waals surface area contributed by atoms with Crippen LogP contribution in [0, 0.1) is 13.1 Å². The van der Waals surface area contributed by atoms with Gasteiger partial charge < -0.3 is 16.6 Å². The second-order valence-electron chi connectivity index (χ2n) is 2.62. The summed E-state index contributed by atoms with van der Waals surface area (Å²) in [6.07, 6.45) is 4.34. The molecule has 2 nitrogen and oxygen atoms in total. The van der Waals surface area contributed by atoms with Gasteiger partial charge in [-0.15, -0.1) is 0 Å². The van der Waals surface area contributed by atoms with E-state index in [0.717, 1.165) is 5.75 Å². The van der Waals surface area contributed by atoms with Crippen molar-refractivity contribution in [1.29, 1.82) is 0 Å². The molecule has 16 heavy (non-hydrogen) atoms. The van der Waals surface area contributed by atoms with E-state index in [0.29, 0.717) is 6.61 Å². The molecule has 0 atom stereocenters. The number of nitrogens with zero attached hydrogens (tertiary/aromatic N) is 1. The van der Waals surface area contributed by atoms with E-state index in [9.17, 15) is 0 Å². The van der Waals surface area contributed by atoms with Gasteiger partial charge in [-0.05, 0) is 18.7 Å². The van der Waals surface area contributed by atoms with Gasteiger partial charge >= 0.3 is 17.1 Å². The maximum absolute atomic E-state index is 5.09. The first kappa shape index (κ1) is 14.7. The monoisotopic (exact) mass is 262 g/mol. The Labute approximate surface area is 107 Å². The summed E-state index contributed by atoms with van der Waals surface area (Å²) in [7, 11) is 0. The van der Waals surface area contributed by atoms with Gasteiger partial charge in [0.05, 0.1) is 0 Å². The number of hydrogen-bond acceptors (Lipinski definition) is 2. The number of ether oxygens (including phenoxy) is 1. The Balaban J connectivity index is 0.000000283. The van der Waals surface area contributed by atoms with Gasteiger partial charge in [0.1, 0.15) is 5.75 Å². The molecule has 3 heteroatoms. The third-order valence-electron chi connectivity index (χ3n) is 1.53. The van der Waals surface area contributed by atoms with Crippen molar-refractivity contribution in [2.24, 2.45) is 0 Å². The van der Waals surface area contributed by atoms with E-state index in [4.69, 9.17) is 4.74 Å². The molecule has 1 radical (unpaired) electrons. The Kier molecular flexibility index (Phi) is 9.38. The van der Waals surface area contributed by atoms with Crippen LogP contribution in [0.25, 0.3) is 0 Å². The maximum Gasteiger partial charge on any atom is 2.00 e. The Bertz CT molecular complexity index is 313. The van der Waals surface area contributed by atoms with Crippen LogP contribution in [0.4, 0.5) is 0 Å². The zero-order valence-electron chi connectivity index (χ0n) is 8.77. The molecule has 0 aliphatic heterocycles. The predicted molar refractivity (Wildman–Crippen MR) is 60.4 cm³/mol. The standard InChI is InChI=1S/C8H9O.C5H4N.Cu/c1-2-9-8-6-4-3-5-7-8;1-2-4-6-5-3-1;/h3-7H,1-2H2;1-4H;/q2*-1;+2. The first-order valence-electron chi connectivity index (χ1n) is 4.67. The first-order chi connectivity index (χ1) is 7.43. The van der Waals surface area contributed by atoms with E-state index in [1.54, 1.807) is 12.3 Å². The van der Waals surface area contributed by atoms with Crippen LogP contribution in [0.1, 0.15) is 0 Å². The van der Waals surface area contributed by atoms with Crippen LogP contribution in [0.15, 0.2) is 54.7 Å². The summed E-state index contributed by atoms with van der Waals surface area (Å²) in [4.78, 5) is 3.66. The fourth-order valence-corrected chi connectivity index (χ4v) is 0.912. The molecule has 0 N–H and O–H groups in total. The molecular weight excluding hydrogens is 250 g/mol. The Hall–Kier alpha value is -1.31. The van der Waals surface area contributed by atoms with E-state index in [1.165, 1.54) is 0 Å². The minimum absolute atomic E-state index is 0. The molecule has 0 aliphatic carbocycles. The summed E-state index contributed by atoms with van der Waals surface area (Å²) in [5, 5.41) is 0. The fourth-order valence-electron chi connectivity index (χ4n) is 0.912. The van der Waals surface area contributed by atoms with Crippen LogP contribution in [0.5, 0.6) is 5.75 Å². The van der Waals surface area contributed by atoms with Crippen LogP contribution in [-0.2, 0) is 17.1 Å². The van der Waals surface area contributed by atoms with Crippen molar-refractivity contribution in [2.45, 2.75) is 0 Å². The molecule has 0 unspecified atom stereocenters. The van der Waals surface area contributed by atoms with Gasteiger partial charge in [0, 0.05) is 0 Å². The number of rotatable bonds is 2. The van der Waals surface area contributed by atoms with E-state index >= 15 is 0 Å². The van der Waals surface area contributed by atoms with Gasteiger partial charge in [0.25, 0.3) is 0 Å². The molecule has 1 heterocycles. The molecule has 1 aromatic heterocycles. The quantitative estimate of drug-likeness (QED) is 0.613. The maximum atomic E-state index is 5.09. The summed E-state index contributed by atoms with van der Waals surface area (Å²) in [5.74, 6) is 0.882. The average Bonchev–Trinajstić information content (AvgIpc) is 2.34. The summed E-state index contributed by atoms with van der Waals surface area (Å²) >= 11 is 0. The average molecular weight is 263 g/mol. The molecule has 1 aromatic carbocycles. The third-order valence-corrected chi connectivity index (χ3v) is 1.53. The van der Waals surface area contributed by atoms with E-state index in [1.807, 2.05) is 42.5 Å². The molecular formula is C13H13CuNO. The van der Waals surface area contributed by atoms with Gasteiger partial charge in [-0.2, -0.15) is 18.2 Å². The largest absolute Gasteiger partial charge is 2.00 e. The molecule has 0 saturated carbocycles. The number of benzene rings is 1. The zero-order chi connectivity index (χ0) is 10.8. The summed E-state index contributed by atoms with van der Waals surface area (Å²) in [6, 6.07) is 15.1. The molecule has 0 fully saturated rings. The van der Waals surface area contributed by atoms with E-state index in [-0.39, 0.29) is 17.1 Å². The smallest absolute Gasteiger partial charge is 0.525 e. The van der Waals surface area contributed by atoms with Crippen LogP contribution < -0.4 is 4.74 Å². The van der Waals surface area contributed by atoms with Crippen molar-refractivity contribution >= 4 is 0 Å². The molecule has 87 valence electrons. The third kappa shape index (κ3) is 7.04. The molecule has 0 spiro atoms. The molecule has 0 aliphatic rings. The second kappa shape index (κ2) is 10.2. The minimum atomic E-state index is 0. The van der Waals surface area contributed by atoms with Crippen molar-refractivity contribution < 1.29 is 21.8 Å². The van der Waals surface area contributed by atoms with Gasteiger partial charge in [-0.3, -0.25) is 0 Å². The van der Waals surface area contributed by atoms with E-state index in [2.05, 4.69) is 18.1 Å². The Morgan fingerprint density at radius 3 is 2.25 bits per heavy atom. The number of para-hydroxylation sites is 1. The van der Waals surface area contributed by atoms with E-state index < -0.39 is 0 Å². The molecule has 2 aromatic rings. The summed E-state index contributed by atoms with van der Waals surface area (Å²) < 4.78 is 5.09. The first-order valence-corrected chi connectivity index (χ1v) is 4.67. The number of hydrogen-bond donors (Lipinski definition) is 0. The molecule has 0 amide bonds. The molecule has 0 saturated heterocycles. The zero-order valence-corrected chi connectivity index (χ0v) is 9.71. The van der Waals surface area contributed by atoms with Gasteiger partial charge in [-0.25, -0.2) is 0 Å². The van der Waals surface area contributed by atoms with Crippen LogP contribution in [-0.4, -0.2) is 11.6 Å². The van der Waals surface area contributed by atoms with Crippen LogP contribution in [0.2, 0.25) is 0 Å². The molecule has 0 bridgehead atoms. The number of pyridine rings is 1. The molecule has 2 rings (SSSR count). The number of aromatic nitrogens is 1.